The molecule has 140 valence electrons. The summed E-state index contributed by atoms with van der Waals surface area (Å²) in [5.74, 6) is 1.48. The van der Waals surface area contributed by atoms with Crippen molar-refractivity contribution in [2.45, 2.75) is 12.8 Å². The molecule has 8 heteroatoms. The van der Waals surface area contributed by atoms with Crippen LogP contribution in [0.25, 0.3) is 21.9 Å². The van der Waals surface area contributed by atoms with Crippen LogP contribution < -0.4 is 10.2 Å². The highest BCUT2D eigenvalue weighted by Gasteiger charge is 2.15. The molecule has 0 atom stereocenters. The first-order chi connectivity index (χ1) is 13.8. The zero-order chi connectivity index (χ0) is 18.9. The van der Waals surface area contributed by atoms with E-state index in [4.69, 9.17) is 0 Å². The van der Waals surface area contributed by atoms with E-state index < -0.39 is 0 Å². The molecule has 1 aliphatic heterocycles. The van der Waals surface area contributed by atoms with Crippen LogP contribution in [0.4, 0.5) is 11.5 Å². The van der Waals surface area contributed by atoms with Gasteiger partial charge in [0.2, 0.25) is 0 Å². The molecule has 7 nitrogen and oxygen atoms in total. The van der Waals surface area contributed by atoms with Crippen LogP contribution in [0.3, 0.4) is 0 Å². The van der Waals surface area contributed by atoms with E-state index in [1.54, 1.807) is 12.4 Å². The van der Waals surface area contributed by atoms with Crippen molar-refractivity contribution in [3.8, 4) is 10.8 Å². The third-order valence-electron chi connectivity index (χ3n) is 4.81. The Labute approximate surface area is 165 Å². The van der Waals surface area contributed by atoms with Crippen molar-refractivity contribution >= 4 is 39.8 Å². The van der Waals surface area contributed by atoms with Gasteiger partial charge in [0, 0.05) is 36.6 Å². The standard InChI is InChI=1S/C20H18N6OS/c27-19(13-3-6-17(22-12-13)26-8-1-2-9-26)23-14-4-5-15-16(11-14)25-18(24-15)20-21-7-10-28-20/h3-7,10-12H,1-2,8-9H2,(H,23,27)(H,24,25). The van der Waals surface area contributed by atoms with Crippen LogP contribution in [-0.2, 0) is 0 Å². The van der Waals surface area contributed by atoms with Crippen molar-refractivity contribution in [1.29, 1.82) is 0 Å². The van der Waals surface area contributed by atoms with Gasteiger partial charge in [0.15, 0.2) is 10.8 Å². The van der Waals surface area contributed by atoms with Gasteiger partial charge in [-0.25, -0.2) is 15.0 Å². The number of amides is 1. The number of imidazole rings is 1. The van der Waals surface area contributed by atoms with Gasteiger partial charge in [-0.3, -0.25) is 4.79 Å². The minimum absolute atomic E-state index is 0.181. The van der Waals surface area contributed by atoms with Crippen molar-refractivity contribution in [3.63, 3.8) is 0 Å². The molecule has 1 amide bonds. The molecule has 1 saturated heterocycles. The quantitative estimate of drug-likeness (QED) is 0.551. The second-order valence-electron chi connectivity index (χ2n) is 6.71. The molecule has 1 fully saturated rings. The van der Waals surface area contributed by atoms with E-state index in [1.165, 1.54) is 24.2 Å². The maximum absolute atomic E-state index is 12.6. The van der Waals surface area contributed by atoms with E-state index in [0.717, 1.165) is 40.8 Å². The molecule has 0 aliphatic carbocycles. The van der Waals surface area contributed by atoms with Crippen molar-refractivity contribution in [2.24, 2.45) is 0 Å². The summed E-state index contributed by atoms with van der Waals surface area (Å²) < 4.78 is 0. The van der Waals surface area contributed by atoms with Gasteiger partial charge in [-0.05, 0) is 43.2 Å². The zero-order valence-electron chi connectivity index (χ0n) is 15.1. The average molecular weight is 390 g/mol. The highest BCUT2D eigenvalue weighted by atomic mass is 32.1. The van der Waals surface area contributed by atoms with Crippen LogP contribution in [-0.4, -0.2) is 38.9 Å². The Hall–Kier alpha value is -3.26. The largest absolute Gasteiger partial charge is 0.357 e. The fourth-order valence-electron chi connectivity index (χ4n) is 3.39. The van der Waals surface area contributed by atoms with Gasteiger partial charge < -0.3 is 15.2 Å². The van der Waals surface area contributed by atoms with Gasteiger partial charge in [-0.1, -0.05) is 0 Å². The molecule has 0 spiro atoms. The number of rotatable bonds is 4. The number of carbonyl (C=O) groups excluding carboxylic acids is 1. The molecule has 4 heterocycles. The Bertz CT molecular complexity index is 1110. The van der Waals surface area contributed by atoms with E-state index in [0.29, 0.717) is 11.3 Å². The third-order valence-corrected chi connectivity index (χ3v) is 5.59. The molecule has 5 rings (SSSR count). The maximum Gasteiger partial charge on any atom is 0.257 e. The molecule has 0 radical (unpaired) electrons. The highest BCUT2D eigenvalue weighted by molar-refractivity contribution is 7.13. The van der Waals surface area contributed by atoms with E-state index in [2.05, 4.69) is 30.2 Å². The third kappa shape index (κ3) is 3.22. The van der Waals surface area contributed by atoms with Crippen LogP contribution in [0.1, 0.15) is 23.2 Å². The van der Waals surface area contributed by atoms with Crippen LogP contribution in [0.15, 0.2) is 48.1 Å². The lowest BCUT2D eigenvalue weighted by molar-refractivity contribution is 0.102. The minimum Gasteiger partial charge on any atom is -0.357 e. The number of aromatic amines is 1. The van der Waals surface area contributed by atoms with Crippen LogP contribution >= 0.6 is 11.3 Å². The molecule has 1 aromatic carbocycles. The molecule has 0 unspecified atom stereocenters. The Kier molecular flexibility index (Phi) is 4.25. The summed E-state index contributed by atoms with van der Waals surface area (Å²) >= 11 is 1.53. The predicted molar refractivity (Wildman–Crippen MR) is 111 cm³/mol. The van der Waals surface area contributed by atoms with E-state index >= 15 is 0 Å². The number of hydrogen-bond acceptors (Lipinski definition) is 6. The SMILES string of the molecule is O=C(Nc1ccc2nc(-c3nccs3)[nH]c2c1)c1ccc(N2CCCC2)nc1. The molecule has 28 heavy (non-hydrogen) atoms. The van der Waals surface area contributed by atoms with Gasteiger partial charge in [0.25, 0.3) is 5.91 Å². The van der Waals surface area contributed by atoms with Crippen molar-refractivity contribution in [1.82, 2.24) is 19.9 Å². The zero-order valence-corrected chi connectivity index (χ0v) is 15.9. The van der Waals surface area contributed by atoms with E-state index in [-0.39, 0.29) is 5.91 Å². The van der Waals surface area contributed by atoms with Gasteiger partial charge in [-0.15, -0.1) is 11.3 Å². The molecule has 3 aromatic heterocycles. The minimum atomic E-state index is -0.181. The number of fused-ring (bicyclic) bond motifs is 1. The monoisotopic (exact) mass is 390 g/mol. The molecule has 2 N–H and O–H groups in total. The summed E-state index contributed by atoms with van der Waals surface area (Å²) in [4.78, 5) is 31.3. The molecular formula is C20H18N6OS. The van der Waals surface area contributed by atoms with Crippen molar-refractivity contribution in [3.05, 3.63) is 53.7 Å². The Balaban J connectivity index is 1.33. The molecular weight excluding hydrogens is 372 g/mol. The number of H-pyrrole nitrogens is 1. The molecule has 4 aromatic rings. The Morgan fingerprint density at radius 2 is 2.04 bits per heavy atom. The van der Waals surface area contributed by atoms with E-state index in [1.807, 2.05) is 35.7 Å². The normalized spacial score (nSPS) is 13.9. The van der Waals surface area contributed by atoms with Gasteiger partial charge >= 0.3 is 0 Å². The first-order valence-corrected chi connectivity index (χ1v) is 10.1. The summed E-state index contributed by atoms with van der Waals surface area (Å²) in [6.07, 6.45) is 5.79. The first kappa shape index (κ1) is 16.9. The fourth-order valence-corrected chi connectivity index (χ4v) is 3.97. The topological polar surface area (TPSA) is 86.8 Å². The van der Waals surface area contributed by atoms with Crippen LogP contribution in [0.2, 0.25) is 0 Å². The number of benzene rings is 1. The number of pyridine rings is 1. The van der Waals surface area contributed by atoms with Gasteiger partial charge in [0.05, 0.1) is 16.6 Å². The maximum atomic E-state index is 12.6. The number of anilines is 2. The first-order valence-electron chi connectivity index (χ1n) is 9.18. The summed E-state index contributed by atoms with van der Waals surface area (Å²) in [6.45, 7) is 2.07. The van der Waals surface area contributed by atoms with Crippen molar-refractivity contribution < 1.29 is 4.79 Å². The summed E-state index contributed by atoms with van der Waals surface area (Å²) in [5, 5.41) is 5.68. The lowest BCUT2D eigenvalue weighted by atomic mass is 10.2. The number of aromatic nitrogens is 4. The second kappa shape index (κ2) is 7.05. The highest BCUT2D eigenvalue weighted by Crippen LogP contribution is 2.24. The number of thiazole rings is 1. The average Bonchev–Trinajstić information content (AvgIpc) is 3.48. The Morgan fingerprint density at radius 1 is 1.14 bits per heavy atom. The number of hydrogen-bond donors (Lipinski definition) is 2. The summed E-state index contributed by atoms with van der Waals surface area (Å²) in [6, 6.07) is 9.35. The van der Waals surface area contributed by atoms with Gasteiger partial charge in [-0.2, -0.15) is 0 Å². The van der Waals surface area contributed by atoms with Crippen LogP contribution in [0, 0.1) is 0 Å². The molecule has 1 aliphatic rings. The smallest absolute Gasteiger partial charge is 0.257 e. The summed E-state index contributed by atoms with van der Waals surface area (Å²) in [7, 11) is 0. The van der Waals surface area contributed by atoms with Crippen molar-refractivity contribution in [2.75, 3.05) is 23.3 Å². The predicted octanol–water partition coefficient (Wildman–Crippen LogP) is 3.93. The second-order valence-corrected chi connectivity index (χ2v) is 7.60. The van der Waals surface area contributed by atoms with Gasteiger partial charge in [0.1, 0.15) is 5.82 Å². The summed E-state index contributed by atoms with van der Waals surface area (Å²) in [5.41, 5.74) is 2.93. The van der Waals surface area contributed by atoms with E-state index in [9.17, 15) is 4.79 Å². The number of carbonyl (C=O) groups is 1. The Morgan fingerprint density at radius 3 is 2.79 bits per heavy atom. The van der Waals surface area contributed by atoms with Crippen LogP contribution in [0.5, 0.6) is 0 Å². The molecule has 0 saturated carbocycles. The lowest BCUT2D eigenvalue weighted by Crippen LogP contribution is -2.19. The lowest BCUT2D eigenvalue weighted by Gasteiger charge is -2.16. The molecule has 0 bridgehead atoms. The fraction of sp³-hybridized carbons (Fsp3) is 0.200. The number of nitrogens with zero attached hydrogens (tertiary/aromatic N) is 4. The number of nitrogens with one attached hydrogen (secondary N) is 2.